The average Bonchev–Trinajstić information content (AvgIpc) is 2.40. The zero-order valence-electron chi connectivity index (χ0n) is 11.7. The number of ether oxygens (including phenoxy) is 1. The number of likely N-dealkylation sites (tertiary alicyclic amines) is 1. The number of piperidine rings is 1. The van der Waals surface area contributed by atoms with Crippen LogP contribution in [0, 0.1) is 6.92 Å². The normalized spacial score (nSPS) is 15.8. The summed E-state index contributed by atoms with van der Waals surface area (Å²) in [4.78, 5) is 10.7. The molecule has 2 heterocycles. The summed E-state index contributed by atoms with van der Waals surface area (Å²) < 4.78 is 5.61. The van der Waals surface area contributed by atoms with Crippen molar-refractivity contribution in [2.24, 2.45) is 0 Å². The van der Waals surface area contributed by atoms with E-state index < -0.39 is 0 Å². The summed E-state index contributed by atoms with van der Waals surface area (Å²) in [7, 11) is 0. The van der Waals surface area contributed by atoms with Crippen molar-refractivity contribution < 1.29 is 4.74 Å². The van der Waals surface area contributed by atoms with E-state index in [-0.39, 0.29) is 12.4 Å². The van der Waals surface area contributed by atoms with Crippen molar-refractivity contribution in [2.75, 3.05) is 26.2 Å². The van der Waals surface area contributed by atoms with Crippen molar-refractivity contribution in [1.82, 2.24) is 14.9 Å². The largest absolute Gasteiger partial charge is 0.478 e. The first-order valence-electron chi connectivity index (χ1n) is 6.98. The van der Waals surface area contributed by atoms with Gasteiger partial charge in [0.1, 0.15) is 6.33 Å². The van der Waals surface area contributed by atoms with Gasteiger partial charge in [-0.25, -0.2) is 9.97 Å². The highest BCUT2D eigenvalue weighted by Gasteiger charge is 2.08. The van der Waals surface area contributed by atoms with E-state index in [2.05, 4.69) is 14.9 Å². The van der Waals surface area contributed by atoms with Crippen LogP contribution < -0.4 is 4.74 Å². The first-order chi connectivity index (χ1) is 8.84. The second-order valence-electron chi connectivity index (χ2n) is 4.96. The number of nitrogens with zero attached hydrogens (tertiary/aromatic N) is 3. The van der Waals surface area contributed by atoms with E-state index in [1.165, 1.54) is 45.3 Å². The zero-order valence-corrected chi connectivity index (χ0v) is 12.5. The average molecular weight is 286 g/mol. The van der Waals surface area contributed by atoms with Crippen molar-refractivity contribution in [3.63, 3.8) is 0 Å². The molecular formula is C14H24ClN3O. The van der Waals surface area contributed by atoms with Crippen LogP contribution in [0.15, 0.2) is 12.4 Å². The molecule has 1 aromatic rings. The predicted molar refractivity (Wildman–Crippen MR) is 79.0 cm³/mol. The van der Waals surface area contributed by atoms with E-state index in [4.69, 9.17) is 4.74 Å². The molecule has 2 rings (SSSR count). The zero-order chi connectivity index (χ0) is 12.6. The molecule has 0 bridgehead atoms. The second-order valence-corrected chi connectivity index (χ2v) is 4.96. The molecule has 0 aliphatic carbocycles. The minimum Gasteiger partial charge on any atom is -0.478 e. The van der Waals surface area contributed by atoms with Crippen LogP contribution in [0.5, 0.6) is 5.88 Å². The van der Waals surface area contributed by atoms with E-state index in [0.29, 0.717) is 5.88 Å². The Morgan fingerprint density at radius 2 is 1.95 bits per heavy atom. The molecule has 0 radical (unpaired) electrons. The lowest BCUT2D eigenvalue weighted by atomic mass is 10.1. The molecule has 5 heteroatoms. The van der Waals surface area contributed by atoms with Crippen LogP contribution in [0.1, 0.15) is 37.8 Å². The van der Waals surface area contributed by atoms with E-state index in [1.54, 1.807) is 6.33 Å². The first kappa shape index (κ1) is 16.2. The van der Waals surface area contributed by atoms with E-state index in [9.17, 15) is 0 Å². The van der Waals surface area contributed by atoms with Gasteiger partial charge in [-0.05, 0) is 52.2 Å². The Hall–Kier alpha value is -0.870. The molecule has 1 aromatic heterocycles. The van der Waals surface area contributed by atoms with Crippen LogP contribution in [-0.2, 0) is 0 Å². The summed E-state index contributed by atoms with van der Waals surface area (Å²) in [5.74, 6) is 0.695. The lowest BCUT2D eigenvalue weighted by molar-refractivity contribution is 0.215. The van der Waals surface area contributed by atoms with E-state index in [0.717, 1.165) is 18.7 Å². The standard InChI is InChI=1S/C14H23N3O.ClH/c1-13-11-14(16-12-15-13)18-10-6-5-9-17-7-3-2-4-8-17;/h11-12H,2-10H2,1H3;1H. The summed E-state index contributed by atoms with van der Waals surface area (Å²) >= 11 is 0. The third-order valence-electron chi connectivity index (χ3n) is 3.35. The number of aryl methyl sites for hydroxylation is 1. The highest BCUT2D eigenvalue weighted by Crippen LogP contribution is 2.10. The van der Waals surface area contributed by atoms with Crippen LogP contribution in [0.2, 0.25) is 0 Å². The van der Waals surface area contributed by atoms with Crippen LogP contribution in [0.4, 0.5) is 0 Å². The van der Waals surface area contributed by atoms with E-state index >= 15 is 0 Å². The summed E-state index contributed by atoms with van der Waals surface area (Å²) in [5.41, 5.74) is 0.952. The molecule has 19 heavy (non-hydrogen) atoms. The van der Waals surface area contributed by atoms with Crippen molar-refractivity contribution in [2.45, 2.75) is 39.0 Å². The molecule has 108 valence electrons. The predicted octanol–water partition coefficient (Wildman–Crippen LogP) is 2.85. The third-order valence-corrected chi connectivity index (χ3v) is 3.35. The Labute approximate surface area is 122 Å². The maximum Gasteiger partial charge on any atom is 0.216 e. The molecule has 0 unspecified atom stereocenters. The van der Waals surface area contributed by atoms with Crippen LogP contribution >= 0.6 is 12.4 Å². The highest BCUT2D eigenvalue weighted by atomic mass is 35.5. The van der Waals surface area contributed by atoms with Gasteiger partial charge in [0.05, 0.1) is 6.61 Å². The Balaban J connectivity index is 0.00000180. The summed E-state index contributed by atoms with van der Waals surface area (Å²) in [6, 6.07) is 1.88. The first-order valence-corrected chi connectivity index (χ1v) is 6.98. The van der Waals surface area contributed by atoms with Gasteiger partial charge >= 0.3 is 0 Å². The lowest BCUT2D eigenvalue weighted by Crippen LogP contribution is -2.30. The Kier molecular flexibility index (Phi) is 7.75. The van der Waals surface area contributed by atoms with Gasteiger partial charge in [-0.1, -0.05) is 6.42 Å². The smallest absolute Gasteiger partial charge is 0.216 e. The molecule has 1 aliphatic rings. The Bertz CT molecular complexity index is 356. The summed E-state index contributed by atoms with van der Waals surface area (Å²) in [5, 5.41) is 0. The molecule has 1 fully saturated rings. The molecule has 4 nitrogen and oxygen atoms in total. The maximum absolute atomic E-state index is 5.61. The fraction of sp³-hybridized carbons (Fsp3) is 0.714. The molecule has 0 N–H and O–H groups in total. The second kappa shape index (κ2) is 9.10. The van der Waals surface area contributed by atoms with Gasteiger partial charge < -0.3 is 9.64 Å². The molecule has 0 spiro atoms. The Morgan fingerprint density at radius 3 is 2.68 bits per heavy atom. The third kappa shape index (κ3) is 6.21. The topological polar surface area (TPSA) is 38.2 Å². The maximum atomic E-state index is 5.61. The number of hydrogen-bond donors (Lipinski definition) is 0. The fourth-order valence-electron chi connectivity index (χ4n) is 2.31. The van der Waals surface area contributed by atoms with E-state index in [1.807, 2.05) is 13.0 Å². The van der Waals surface area contributed by atoms with Gasteiger partial charge in [-0.2, -0.15) is 0 Å². The minimum absolute atomic E-state index is 0. The van der Waals surface area contributed by atoms with Gasteiger partial charge in [0.25, 0.3) is 0 Å². The summed E-state index contributed by atoms with van der Waals surface area (Å²) in [6.45, 7) is 6.49. The molecule has 0 saturated carbocycles. The van der Waals surface area contributed by atoms with Crippen LogP contribution in [-0.4, -0.2) is 41.1 Å². The molecular weight excluding hydrogens is 262 g/mol. The molecule has 1 aliphatic heterocycles. The van der Waals surface area contributed by atoms with Crippen molar-refractivity contribution >= 4 is 12.4 Å². The molecule has 0 amide bonds. The number of halogens is 1. The quantitative estimate of drug-likeness (QED) is 0.754. The van der Waals surface area contributed by atoms with Crippen LogP contribution in [0.25, 0.3) is 0 Å². The van der Waals surface area contributed by atoms with Crippen LogP contribution in [0.3, 0.4) is 0 Å². The highest BCUT2D eigenvalue weighted by molar-refractivity contribution is 5.85. The summed E-state index contributed by atoms with van der Waals surface area (Å²) in [6.07, 6.45) is 8.02. The van der Waals surface area contributed by atoms with Gasteiger partial charge in [0.15, 0.2) is 0 Å². The number of hydrogen-bond acceptors (Lipinski definition) is 4. The molecule has 0 atom stereocenters. The van der Waals surface area contributed by atoms with Gasteiger partial charge in [0, 0.05) is 11.8 Å². The van der Waals surface area contributed by atoms with Gasteiger partial charge in [-0.3, -0.25) is 0 Å². The van der Waals surface area contributed by atoms with Crippen molar-refractivity contribution in [3.05, 3.63) is 18.1 Å². The number of rotatable bonds is 6. The van der Waals surface area contributed by atoms with Gasteiger partial charge in [0.2, 0.25) is 5.88 Å². The molecule has 1 saturated heterocycles. The number of unbranched alkanes of at least 4 members (excludes halogenated alkanes) is 1. The Morgan fingerprint density at radius 1 is 1.16 bits per heavy atom. The van der Waals surface area contributed by atoms with Crippen molar-refractivity contribution in [3.8, 4) is 5.88 Å². The molecule has 0 aromatic carbocycles. The minimum atomic E-state index is 0. The monoisotopic (exact) mass is 285 g/mol. The lowest BCUT2D eigenvalue weighted by Gasteiger charge is -2.26. The number of aromatic nitrogens is 2. The SMILES string of the molecule is Cc1cc(OCCCCN2CCCCC2)ncn1.Cl. The van der Waals surface area contributed by atoms with Crippen molar-refractivity contribution in [1.29, 1.82) is 0 Å². The van der Waals surface area contributed by atoms with Gasteiger partial charge in [-0.15, -0.1) is 12.4 Å². The fourth-order valence-corrected chi connectivity index (χ4v) is 2.31.